The lowest BCUT2D eigenvalue weighted by atomic mass is 10.0. The van der Waals surface area contributed by atoms with Gasteiger partial charge in [0.25, 0.3) is 5.56 Å². The molecule has 0 radical (unpaired) electrons. The maximum atomic E-state index is 13.1. The highest BCUT2D eigenvalue weighted by Crippen LogP contribution is 2.31. The van der Waals surface area contributed by atoms with Gasteiger partial charge in [0, 0.05) is 17.0 Å². The average molecular weight is 357 g/mol. The minimum Gasteiger partial charge on any atom is -0.309 e. The normalized spacial score (nSPS) is 18.7. The van der Waals surface area contributed by atoms with Crippen molar-refractivity contribution in [2.24, 2.45) is 0 Å². The largest absolute Gasteiger partial charge is 0.309 e. The number of aromatic nitrogens is 2. The number of likely N-dealkylation sites (tertiary alicyclic amines) is 1. The molecule has 1 aliphatic heterocycles. The Labute approximate surface area is 149 Å². The molecule has 1 aromatic carbocycles. The van der Waals surface area contributed by atoms with Gasteiger partial charge >= 0.3 is 0 Å². The molecule has 3 heterocycles. The number of hydrogen-bond acceptors (Lipinski definition) is 4. The van der Waals surface area contributed by atoms with Gasteiger partial charge in [-0.3, -0.25) is 9.69 Å². The van der Waals surface area contributed by atoms with Gasteiger partial charge in [-0.1, -0.05) is 18.6 Å². The number of halogens is 1. The van der Waals surface area contributed by atoms with E-state index in [0.29, 0.717) is 18.0 Å². The van der Waals surface area contributed by atoms with Gasteiger partial charge in [0.05, 0.1) is 11.9 Å². The summed E-state index contributed by atoms with van der Waals surface area (Å²) >= 11 is 1.46. The van der Waals surface area contributed by atoms with Crippen LogP contribution in [0.25, 0.3) is 21.3 Å². The Morgan fingerprint density at radius 2 is 2.12 bits per heavy atom. The number of piperidine rings is 1. The van der Waals surface area contributed by atoms with Crippen LogP contribution in [0, 0.1) is 5.82 Å². The molecule has 3 aromatic rings. The molecule has 4 nitrogen and oxygen atoms in total. The fourth-order valence-corrected chi connectivity index (χ4v) is 4.46. The van der Waals surface area contributed by atoms with E-state index in [9.17, 15) is 9.18 Å². The summed E-state index contributed by atoms with van der Waals surface area (Å²) in [6.07, 6.45) is 3.66. The van der Waals surface area contributed by atoms with E-state index in [4.69, 9.17) is 0 Å². The number of rotatable bonds is 3. The minimum atomic E-state index is -0.284. The van der Waals surface area contributed by atoms with Gasteiger partial charge in [-0.25, -0.2) is 9.37 Å². The standard InChI is InChI=1S/C19H20FN3OS/c1-12-4-2-3-9-23(12)10-16-21-18(24)17-15(11-25-19(17)22-16)13-5-7-14(20)8-6-13/h5-8,11-12H,2-4,9-10H2,1H3,(H,21,22,24). The quantitative estimate of drug-likeness (QED) is 0.765. The second kappa shape index (κ2) is 6.69. The first-order valence-corrected chi connectivity index (χ1v) is 9.50. The number of benzene rings is 1. The van der Waals surface area contributed by atoms with Crippen LogP contribution in [-0.2, 0) is 6.54 Å². The van der Waals surface area contributed by atoms with E-state index in [1.54, 1.807) is 12.1 Å². The van der Waals surface area contributed by atoms with Crippen LogP contribution in [0.4, 0.5) is 4.39 Å². The zero-order valence-corrected chi connectivity index (χ0v) is 14.9. The maximum Gasteiger partial charge on any atom is 0.260 e. The van der Waals surface area contributed by atoms with Gasteiger partial charge in [-0.2, -0.15) is 0 Å². The predicted octanol–water partition coefficient (Wildman–Crippen LogP) is 4.17. The van der Waals surface area contributed by atoms with Gasteiger partial charge in [0.15, 0.2) is 0 Å². The number of thiophene rings is 1. The van der Waals surface area contributed by atoms with Gasteiger partial charge in [-0.15, -0.1) is 11.3 Å². The number of aromatic amines is 1. The summed E-state index contributed by atoms with van der Waals surface area (Å²) < 4.78 is 13.1. The molecule has 0 aliphatic carbocycles. The van der Waals surface area contributed by atoms with Crippen LogP contribution in [0.15, 0.2) is 34.4 Å². The zero-order chi connectivity index (χ0) is 17.4. The first-order chi connectivity index (χ1) is 12.1. The molecule has 4 rings (SSSR count). The molecule has 0 bridgehead atoms. The molecule has 25 heavy (non-hydrogen) atoms. The highest BCUT2D eigenvalue weighted by Gasteiger charge is 2.20. The Hall–Kier alpha value is -2.05. The van der Waals surface area contributed by atoms with Crippen LogP contribution < -0.4 is 5.56 Å². The first-order valence-electron chi connectivity index (χ1n) is 8.62. The lowest BCUT2D eigenvalue weighted by Crippen LogP contribution is -2.37. The van der Waals surface area contributed by atoms with Gasteiger partial charge in [0.1, 0.15) is 16.5 Å². The molecule has 1 atom stereocenters. The molecule has 0 spiro atoms. The van der Waals surface area contributed by atoms with Crippen LogP contribution in [-0.4, -0.2) is 27.5 Å². The van der Waals surface area contributed by atoms with E-state index < -0.39 is 0 Å². The van der Waals surface area contributed by atoms with E-state index in [2.05, 4.69) is 21.8 Å². The van der Waals surface area contributed by atoms with Crippen molar-refractivity contribution in [2.45, 2.75) is 38.8 Å². The molecule has 1 unspecified atom stereocenters. The van der Waals surface area contributed by atoms with Gasteiger partial charge in [-0.05, 0) is 44.0 Å². The Bertz CT molecular complexity index is 947. The molecule has 130 valence electrons. The number of H-pyrrole nitrogens is 1. The monoisotopic (exact) mass is 357 g/mol. The molecule has 1 fully saturated rings. The molecular formula is C19H20FN3OS. The van der Waals surface area contributed by atoms with Crippen molar-refractivity contribution in [3.63, 3.8) is 0 Å². The summed E-state index contributed by atoms with van der Waals surface area (Å²) in [5, 5.41) is 2.51. The van der Waals surface area contributed by atoms with Crippen molar-refractivity contribution in [3.05, 3.63) is 51.6 Å². The van der Waals surface area contributed by atoms with Crippen molar-refractivity contribution in [3.8, 4) is 11.1 Å². The van der Waals surface area contributed by atoms with Crippen LogP contribution in [0.2, 0.25) is 0 Å². The number of nitrogens with one attached hydrogen (secondary N) is 1. The van der Waals surface area contributed by atoms with Crippen LogP contribution in [0.5, 0.6) is 0 Å². The van der Waals surface area contributed by atoms with Crippen LogP contribution in [0.3, 0.4) is 0 Å². The lowest BCUT2D eigenvalue weighted by Gasteiger charge is -2.32. The molecule has 6 heteroatoms. The third-order valence-corrected chi connectivity index (χ3v) is 5.81. The third-order valence-electron chi connectivity index (χ3n) is 4.94. The van der Waals surface area contributed by atoms with Crippen LogP contribution >= 0.6 is 11.3 Å². The Morgan fingerprint density at radius 1 is 1.32 bits per heavy atom. The van der Waals surface area contributed by atoms with Gasteiger partial charge < -0.3 is 4.98 Å². The molecule has 0 amide bonds. The van der Waals surface area contributed by atoms with Crippen LogP contribution in [0.1, 0.15) is 32.0 Å². The summed E-state index contributed by atoms with van der Waals surface area (Å²) in [5.41, 5.74) is 1.52. The topological polar surface area (TPSA) is 49.0 Å². The van der Waals surface area contributed by atoms with Crippen molar-refractivity contribution in [2.75, 3.05) is 6.54 Å². The SMILES string of the molecule is CC1CCCCN1Cc1nc2scc(-c3ccc(F)cc3)c2c(=O)[nH]1. The summed E-state index contributed by atoms with van der Waals surface area (Å²) in [5.74, 6) is 0.437. The lowest BCUT2D eigenvalue weighted by molar-refractivity contribution is 0.149. The molecule has 0 saturated carbocycles. The number of fused-ring (bicyclic) bond motifs is 1. The molecule has 1 N–H and O–H groups in total. The maximum absolute atomic E-state index is 13.1. The van der Waals surface area contributed by atoms with Gasteiger partial charge in [0.2, 0.25) is 0 Å². The highest BCUT2D eigenvalue weighted by atomic mass is 32.1. The number of nitrogens with zero attached hydrogens (tertiary/aromatic N) is 2. The van der Waals surface area contributed by atoms with Crippen molar-refractivity contribution >= 4 is 21.6 Å². The van der Waals surface area contributed by atoms with Crippen molar-refractivity contribution < 1.29 is 4.39 Å². The molecule has 1 saturated heterocycles. The summed E-state index contributed by atoms with van der Waals surface area (Å²) in [4.78, 5) is 23.4. The Balaban J connectivity index is 1.69. The minimum absolute atomic E-state index is 0.120. The third kappa shape index (κ3) is 3.24. The molecule has 1 aliphatic rings. The van der Waals surface area contributed by atoms with E-state index in [0.717, 1.165) is 28.3 Å². The second-order valence-corrected chi connectivity index (χ2v) is 7.52. The predicted molar refractivity (Wildman–Crippen MR) is 99.4 cm³/mol. The van der Waals surface area contributed by atoms with Crippen molar-refractivity contribution in [1.29, 1.82) is 0 Å². The van der Waals surface area contributed by atoms with E-state index >= 15 is 0 Å². The summed E-state index contributed by atoms with van der Waals surface area (Å²) in [6, 6.07) is 6.73. The smallest absolute Gasteiger partial charge is 0.260 e. The molecule has 2 aromatic heterocycles. The average Bonchev–Trinajstić information content (AvgIpc) is 3.02. The Morgan fingerprint density at radius 3 is 2.88 bits per heavy atom. The summed E-state index contributed by atoms with van der Waals surface area (Å²) in [6.45, 7) is 3.96. The van der Waals surface area contributed by atoms with Crippen molar-refractivity contribution in [1.82, 2.24) is 14.9 Å². The first kappa shape index (κ1) is 16.4. The van der Waals surface area contributed by atoms with E-state index in [1.807, 2.05) is 5.38 Å². The summed E-state index contributed by atoms with van der Waals surface area (Å²) in [7, 11) is 0. The fraction of sp³-hybridized carbons (Fsp3) is 0.368. The molecular weight excluding hydrogens is 337 g/mol. The highest BCUT2D eigenvalue weighted by molar-refractivity contribution is 7.17. The van der Waals surface area contributed by atoms with E-state index in [1.165, 1.54) is 42.7 Å². The zero-order valence-electron chi connectivity index (χ0n) is 14.1. The Kier molecular flexibility index (Phi) is 4.39. The fourth-order valence-electron chi connectivity index (χ4n) is 3.50. The second-order valence-electron chi connectivity index (χ2n) is 6.66. The number of hydrogen-bond donors (Lipinski definition) is 1. The van der Waals surface area contributed by atoms with E-state index in [-0.39, 0.29) is 11.4 Å².